The third kappa shape index (κ3) is 6.88. The van der Waals surface area contributed by atoms with Crippen LogP contribution in [0.25, 0.3) is 0 Å². The van der Waals surface area contributed by atoms with E-state index in [0.29, 0.717) is 11.5 Å². The van der Waals surface area contributed by atoms with Gasteiger partial charge in [0.25, 0.3) is 0 Å². The van der Waals surface area contributed by atoms with Crippen LogP contribution in [0.5, 0.6) is 11.5 Å². The molecule has 2 amide bonds. The lowest BCUT2D eigenvalue weighted by atomic mass is 9.65. The number of carboxylic acids is 1. The van der Waals surface area contributed by atoms with Crippen LogP contribution in [-0.4, -0.2) is 68.1 Å². The first-order valence-corrected chi connectivity index (χ1v) is 12.1. The average Bonchev–Trinajstić information content (AvgIpc) is 3.22. The molecule has 2 aromatic carbocycles. The Labute approximate surface area is 222 Å². The number of nitrogens with zero attached hydrogens (tertiary/aromatic N) is 1. The van der Waals surface area contributed by atoms with Gasteiger partial charge in [-0.25, -0.2) is 18.4 Å². The predicted octanol–water partition coefficient (Wildman–Crippen LogP) is 4.93. The number of carboxylic acid groups (broad SMARTS) is 1. The normalized spacial score (nSPS) is 22.7. The van der Waals surface area contributed by atoms with E-state index in [1.807, 2.05) is 6.07 Å². The van der Waals surface area contributed by atoms with E-state index in [1.165, 1.54) is 5.56 Å². The highest BCUT2D eigenvalue weighted by Gasteiger charge is 2.50. The number of anilines is 1. The second-order valence-electron chi connectivity index (χ2n) is 9.47. The minimum absolute atomic E-state index is 0.0301. The molecule has 4 rings (SSSR count). The monoisotopic (exact) mass is 559 g/mol. The molecule has 1 saturated carbocycles. The number of urea groups is 1. The van der Waals surface area contributed by atoms with Crippen LogP contribution < -0.4 is 20.1 Å². The molecule has 1 saturated heterocycles. The van der Waals surface area contributed by atoms with E-state index in [9.17, 15) is 26.7 Å². The quantitative estimate of drug-likeness (QED) is 0.450. The Bertz CT molecular complexity index is 1200. The largest absolute Gasteiger partial charge is 0.493 e. The lowest BCUT2D eigenvalue weighted by molar-refractivity contribution is -0.192. The van der Waals surface area contributed by atoms with Crippen molar-refractivity contribution in [2.24, 2.45) is 0 Å². The van der Waals surface area contributed by atoms with Crippen LogP contribution in [0.1, 0.15) is 31.2 Å². The van der Waals surface area contributed by atoms with Gasteiger partial charge in [-0.2, -0.15) is 13.2 Å². The summed E-state index contributed by atoms with van der Waals surface area (Å²) >= 11 is 0. The van der Waals surface area contributed by atoms with Gasteiger partial charge in [0, 0.05) is 23.6 Å². The smallest absolute Gasteiger partial charge is 0.490 e. The zero-order valence-electron chi connectivity index (χ0n) is 21.6. The van der Waals surface area contributed by atoms with Crippen LogP contribution >= 0.6 is 0 Å². The van der Waals surface area contributed by atoms with E-state index < -0.39 is 29.8 Å². The molecule has 1 aliphatic carbocycles. The van der Waals surface area contributed by atoms with E-state index >= 15 is 0 Å². The lowest BCUT2D eigenvalue weighted by Gasteiger charge is -2.45. The van der Waals surface area contributed by atoms with Gasteiger partial charge in [-0.15, -0.1) is 0 Å². The number of likely N-dealkylation sites (N-methyl/N-ethyl adjacent to an activating group) is 1. The summed E-state index contributed by atoms with van der Waals surface area (Å²) in [6.45, 7) is 0.965. The Morgan fingerprint density at radius 2 is 1.72 bits per heavy atom. The number of methoxy groups -OCH3 is 2. The summed E-state index contributed by atoms with van der Waals surface area (Å²) in [4.78, 5) is 23.7. The van der Waals surface area contributed by atoms with Gasteiger partial charge in [0.15, 0.2) is 11.5 Å². The van der Waals surface area contributed by atoms with Gasteiger partial charge in [0.05, 0.1) is 19.9 Å². The molecule has 3 atom stereocenters. The highest BCUT2D eigenvalue weighted by Crippen LogP contribution is 2.49. The number of ether oxygens (including phenoxy) is 2. The number of fused-ring (bicyclic) bond motifs is 1. The third-order valence-corrected chi connectivity index (χ3v) is 7.24. The number of likely N-dealkylation sites (tertiary alicyclic amines) is 1. The summed E-state index contributed by atoms with van der Waals surface area (Å²) in [6, 6.07) is 8.76. The van der Waals surface area contributed by atoms with Crippen LogP contribution in [-0.2, 0) is 10.2 Å². The predicted molar refractivity (Wildman–Crippen MR) is 132 cm³/mol. The SMILES string of the molecule is COc1ccc([C@@]23CC[C@@H](NC(=O)Nc4cc(F)ccc4F)C[C@@H]2N(C)CC3)cc1OC.O=C(O)C(F)(F)F. The lowest BCUT2D eigenvalue weighted by Crippen LogP contribution is -2.52. The van der Waals surface area contributed by atoms with Crippen LogP contribution in [0.15, 0.2) is 36.4 Å². The molecule has 0 spiro atoms. The molecule has 1 aliphatic heterocycles. The number of benzene rings is 2. The zero-order chi connectivity index (χ0) is 29.0. The molecule has 39 heavy (non-hydrogen) atoms. The van der Waals surface area contributed by atoms with Gasteiger partial charge < -0.3 is 30.1 Å². The second kappa shape index (κ2) is 12.1. The van der Waals surface area contributed by atoms with E-state index in [4.69, 9.17) is 19.4 Å². The Balaban J connectivity index is 0.000000532. The molecule has 2 aromatic rings. The topological polar surface area (TPSA) is 100 Å². The van der Waals surface area contributed by atoms with Gasteiger partial charge in [-0.05, 0) is 69.1 Å². The van der Waals surface area contributed by atoms with Gasteiger partial charge in [0.1, 0.15) is 11.6 Å². The Morgan fingerprint density at radius 1 is 1.05 bits per heavy atom. The van der Waals surface area contributed by atoms with Crippen molar-refractivity contribution in [1.82, 2.24) is 10.2 Å². The minimum Gasteiger partial charge on any atom is -0.493 e. The van der Waals surface area contributed by atoms with Crippen molar-refractivity contribution >= 4 is 17.7 Å². The van der Waals surface area contributed by atoms with Gasteiger partial charge >= 0.3 is 18.2 Å². The fraction of sp³-hybridized carbons (Fsp3) is 0.462. The molecule has 214 valence electrons. The number of carbonyl (C=O) groups is 2. The molecule has 13 heteroatoms. The number of carbonyl (C=O) groups excluding carboxylic acids is 1. The highest BCUT2D eigenvalue weighted by molar-refractivity contribution is 5.89. The molecule has 0 bridgehead atoms. The summed E-state index contributed by atoms with van der Waals surface area (Å²) in [5, 5.41) is 12.5. The number of rotatable bonds is 5. The molecule has 0 unspecified atom stereocenters. The van der Waals surface area contributed by atoms with Crippen molar-refractivity contribution in [3.8, 4) is 11.5 Å². The van der Waals surface area contributed by atoms with E-state index in [-0.39, 0.29) is 23.2 Å². The second-order valence-corrected chi connectivity index (χ2v) is 9.47. The maximum absolute atomic E-state index is 13.9. The molecule has 8 nitrogen and oxygen atoms in total. The molecule has 0 radical (unpaired) electrons. The molecule has 2 aliphatic rings. The molecule has 1 heterocycles. The Hall–Kier alpha value is -3.61. The number of aliphatic carboxylic acids is 1. The van der Waals surface area contributed by atoms with Crippen molar-refractivity contribution in [1.29, 1.82) is 0 Å². The number of amides is 2. The number of alkyl halides is 3. The molecule has 3 N–H and O–H groups in total. The van der Waals surface area contributed by atoms with Crippen LogP contribution in [0.2, 0.25) is 0 Å². The fourth-order valence-electron chi connectivity index (χ4n) is 5.33. The minimum atomic E-state index is -5.08. The number of halogens is 5. The summed E-state index contributed by atoms with van der Waals surface area (Å²) in [6.07, 6.45) is -1.60. The number of hydrogen-bond acceptors (Lipinski definition) is 5. The van der Waals surface area contributed by atoms with Crippen molar-refractivity contribution < 1.29 is 46.1 Å². The summed E-state index contributed by atoms with van der Waals surface area (Å²) in [5.74, 6) is -2.62. The van der Waals surface area contributed by atoms with Crippen LogP contribution in [0.4, 0.5) is 32.4 Å². The first kappa shape index (κ1) is 29.9. The van der Waals surface area contributed by atoms with Crippen molar-refractivity contribution in [3.63, 3.8) is 0 Å². The molecule has 2 fully saturated rings. The van der Waals surface area contributed by atoms with Crippen molar-refractivity contribution in [3.05, 3.63) is 53.6 Å². The van der Waals surface area contributed by atoms with Crippen LogP contribution in [0, 0.1) is 11.6 Å². The average molecular weight is 560 g/mol. The van der Waals surface area contributed by atoms with Gasteiger partial charge in [0.2, 0.25) is 0 Å². The standard InChI is InChI=1S/C24H29F2N3O3.C2HF3O2/c1-29-11-10-24(15-4-7-20(31-2)21(12-15)32-3)9-8-17(14-22(24)29)27-23(30)28-19-13-16(25)5-6-18(19)26;3-2(4,5)1(6)7/h4-7,12-13,17,22H,8-11,14H2,1-3H3,(H2,27,28,30);(H,6,7)/t17-,22+,24+;/m1./s1. The molecular weight excluding hydrogens is 529 g/mol. The third-order valence-electron chi connectivity index (χ3n) is 7.24. The zero-order valence-corrected chi connectivity index (χ0v) is 21.6. The highest BCUT2D eigenvalue weighted by atomic mass is 19.4. The number of nitrogens with one attached hydrogen (secondary N) is 2. The maximum atomic E-state index is 13.9. The molecule has 0 aromatic heterocycles. The first-order chi connectivity index (χ1) is 18.3. The molecular formula is C26H30F5N3O5. The van der Waals surface area contributed by atoms with E-state index in [0.717, 1.165) is 50.4 Å². The fourth-order valence-corrected chi connectivity index (χ4v) is 5.33. The first-order valence-electron chi connectivity index (χ1n) is 12.1. The Kier molecular flexibility index (Phi) is 9.26. The summed E-state index contributed by atoms with van der Waals surface area (Å²) in [7, 11) is 5.37. The van der Waals surface area contributed by atoms with Crippen molar-refractivity contribution in [2.75, 3.05) is 33.1 Å². The van der Waals surface area contributed by atoms with E-state index in [2.05, 4.69) is 34.7 Å². The van der Waals surface area contributed by atoms with Gasteiger partial charge in [-0.1, -0.05) is 6.07 Å². The number of hydrogen-bond donors (Lipinski definition) is 3. The summed E-state index contributed by atoms with van der Waals surface area (Å²) < 4.78 is 69.9. The summed E-state index contributed by atoms with van der Waals surface area (Å²) in [5.41, 5.74) is 1.02. The van der Waals surface area contributed by atoms with E-state index in [1.54, 1.807) is 14.2 Å². The van der Waals surface area contributed by atoms with Crippen molar-refractivity contribution in [2.45, 2.75) is 49.4 Å². The van der Waals surface area contributed by atoms with Gasteiger partial charge in [-0.3, -0.25) is 0 Å². The Morgan fingerprint density at radius 3 is 2.33 bits per heavy atom. The maximum Gasteiger partial charge on any atom is 0.490 e. The van der Waals surface area contributed by atoms with Crippen LogP contribution in [0.3, 0.4) is 0 Å².